The average molecular weight is 227 g/mol. The van der Waals surface area contributed by atoms with E-state index in [1.807, 2.05) is 11.8 Å². The lowest BCUT2D eigenvalue weighted by atomic mass is 10.2. The van der Waals surface area contributed by atoms with Gasteiger partial charge in [-0.1, -0.05) is 6.92 Å². The Morgan fingerprint density at radius 3 is 2.81 bits per heavy atom. The van der Waals surface area contributed by atoms with Gasteiger partial charge in [-0.25, -0.2) is 0 Å². The zero-order valence-electron chi connectivity index (χ0n) is 11.0. The summed E-state index contributed by atoms with van der Waals surface area (Å²) in [7, 11) is 4.14. The van der Waals surface area contributed by atoms with E-state index in [0.29, 0.717) is 6.04 Å². The minimum atomic E-state index is 0.0619. The molecule has 1 aliphatic rings. The van der Waals surface area contributed by atoms with Crippen molar-refractivity contribution in [1.82, 2.24) is 15.1 Å². The molecule has 1 fully saturated rings. The Hall–Kier alpha value is -0.610. The molecule has 4 heteroatoms. The van der Waals surface area contributed by atoms with Crippen LogP contribution in [-0.4, -0.2) is 61.5 Å². The van der Waals surface area contributed by atoms with E-state index in [-0.39, 0.29) is 11.9 Å². The molecule has 0 aromatic heterocycles. The predicted molar refractivity (Wildman–Crippen MR) is 66.4 cm³/mol. The molecule has 1 amide bonds. The first-order chi connectivity index (χ1) is 7.56. The molecule has 0 bridgehead atoms. The zero-order valence-corrected chi connectivity index (χ0v) is 11.0. The first-order valence-electron chi connectivity index (χ1n) is 6.24. The SMILES string of the molecule is CCNC1CCN(C(C)CCN(C)C)C1=O. The number of hydrogen-bond donors (Lipinski definition) is 1. The van der Waals surface area contributed by atoms with Gasteiger partial charge in [-0.3, -0.25) is 4.79 Å². The molecule has 0 spiro atoms. The maximum atomic E-state index is 12.0. The number of likely N-dealkylation sites (N-methyl/N-ethyl adjacent to an activating group) is 1. The van der Waals surface area contributed by atoms with Crippen LogP contribution in [0.5, 0.6) is 0 Å². The van der Waals surface area contributed by atoms with Crippen LogP contribution in [0.25, 0.3) is 0 Å². The van der Waals surface area contributed by atoms with Gasteiger partial charge in [0, 0.05) is 12.6 Å². The third kappa shape index (κ3) is 3.46. The second kappa shape index (κ2) is 6.21. The molecule has 0 aromatic rings. The van der Waals surface area contributed by atoms with E-state index >= 15 is 0 Å². The fourth-order valence-corrected chi connectivity index (χ4v) is 2.18. The molecule has 1 aliphatic heterocycles. The monoisotopic (exact) mass is 227 g/mol. The average Bonchev–Trinajstić information content (AvgIpc) is 2.58. The molecule has 1 heterocycles. The number of nitrogens with zero attached hydrogens (tertiary/aromatic N) is 2. The third-order valence-corrected chi connectivity index (χ3v) is 3.22. The van der Waals surface area contributed by atoms with Crippen molar-refractivity contribution in [2.24, 2.45) is 0 Å². The number of carbonyl (C=O) groups excluding carboxylic acids is 1. The van der Waals surface area contributed by atoms with Crippen molar-refractivity contribution in [2.75, 3.05) is 33.7 Å². The first kappa shape index (κ1) is 13.5. The van der Waals surface area contributed by atoms with Crippen LogP contribution in [-0.2, 0) is 4.79 Å². The number of likely N-dealkylation sites (tertiary alicyclic amines) is 1. The van der Waals surface area contributed by atoms with Crippen molar-refractivity contribution >= 4 is 5.91 Å². The Morgan fingerprint density at radius 2 is 2.25 bits per heavy atom. The Bertz CT molecular complexity index is 230. The van der Waals surface area contributed by atoms with E-state index in [9.17, 15) is 4.79 Å². The van der Waals surface area contributed by atoms with Crippen molar-refractivity contribution in [3.05, 3.63) is 0 Å². The van der Waals surface area contributed by atoms with Gasteiger partial charge in [0.2, 0.25) is 5.91 Å². The summed E-state index contributed by atoms with van der Waals surface area (Å²) >= 11 is 0. The molecule has 1 saturated heterocycles. The molecule has 2 unspecified atom stereocenters. The maximum Gasteiger partial charge on any atom is 0.240 e. The smallest absolute Gasteiger partial charge is 0.240 e. The number of rotatable bonds is 6. The molecule has 16 heavy (non-hydrogen) atoms. The normalized spacial score (nSPS) is 23.2. The summed E-state index contributed by atoms with van der Waals surface area (Å²) in [4.78, 5) is 16.2. The lowest BCUT2D eigenvalue weighted by Gasteiger charge is -2.26. The van der Waals surface area contributed by atoms with E-state index in [1.54, 1.807) is 0 Å². The van der Waals surface area contributed by atoms with Crippen molar-refractivity contribution in [2.45, 2.75) is 38.8 Å². The maximum absolute atomic E-state index is 12.0. The lowest BCUT2D eigenvalue weighted by Crippen LogP contribution is -2.42. The van der Waals surface area contributed by atoms with Crippen LogP contribution in [0.3, 0.4) is 0 Å². The highest BCUT2D eigenvalue weighted by Gasteiger charge is 2.33. The van der Waals surface area contributed by atoms with Crippen molar-refractivity contribution < 1.29 is 4.79 Å². The second-order valence-corrected chi connectivity index (χ2v) is 4.87. The van der Waals surface area contributed by atoms with Gasteiger partial charge in [0.05, 0.1) is 6.04 Å². The molecular weight excluding hydrogens is 202 g/mol. The first-order valence-corrected chi connectivity index (χ1v) is 6.24. The molecule has 1 N–H and O–H groups in total. The lowest BCUT2D eigenvalue weighted by molar-refractivity contribution is -0.131. The number of amides is 1. The summed E-state index contributed by atoms with van der Waals surface area (Å²) in [5, 5.41) is 3.24. The van der Waals surface area contributed by atoms with Gasteiger partial charge in [-0.15, -0.1) is 0 Å². The van der Waals surface area contributed by atoms with E-state index < -0.39 is 0 Å². The summed E-state index contributed by atoms with van der Waals surface area (Å²) in [6, 6.07) is 0.422. The van der Waals surface area contributed by atoms with Gasteiger partial charge in [-0.2, -0.15) is 0 Å². The number of hydrogen-bond acceptors (Lipinski definition) is 3. The fourth-order valence-electron chi connectivity index (χ4n) is 2.18. The Balaban J connectivity index is 2.40. The minimum Gasteiger partial charge on any atom is -0.339 e. The number of carbonyl (C=O) groups is 1. The standard InChI is InChI=1S/C12H25N3O/c1-5-13-11-7-9-15(12(11)16)10(2)6-8-14(3)4/h10-11,13H,5-9H2,1-4H3. The predicted octanol–water partition coefficient (Wildman–Crippen LogP) is 0.537. The molecule has 0 saturated carbocycles. The molecular formula is C12H25N3O. The molecule has 0 aromatic carbocycles. The molecule has 2 atom stereocenters. The third-order valence-electron chi connectivity index (χ3n) is 3.22. The van der Waals surface area contributed by atoms with Crippen molar-refractivity contribution in [3.63, 3.8) is 0 Å². The van der Waals surface area contributed by atoms with Crippen LogP contribution < -0.4 is 5.32 Å². The van der Waals surface area contributed by atoms with E-state index in [1.165, 1.54) is 0 Å². The van der Waals surface area contributed by atoms with E-state index in [2.05, 4.69) is 31.2 Å². The van der Waals surface area contributed by atoms with Gasteiger partial charge in [0.15, 0.2) is 0 Å². The second-order valence-electron chi connectivity index (χ2n) is 4.87. The largest absolute Gasteiger partial charge is 0.339 e. The summed E-state index contributed by atoms with van der Waals surface area (Å²) in [6.07, 6.45) is 2.01. The van der Waals surface area contributed by atoms with Gasteiger partial charge in [-0.05, 0) is 47.0 Å². The van der Waals surface area contributed by atoms with E-state index in [0.717, 1.165) is 32.5 Å². The Labute approximate surface area is 99.0 Å². The van der Waals surface area contributed by atoms with Crippen LogP contribution >= 0.6 is 0 Å². The number of nitrogens with one attached hydrogen (secondary N) is 1. The van der Waals surface area contributed by atoms with Crippen LogP contribution in [0.15, 0.2) is 0 Å². The van der Waals surface area contributed by atoms with Crippen LogP contribution in [0, 0.1) is 0 Å². The molecule has 4 nitrogen and oxygen atoms in total. The van der Waals surface area contributed by atoms with Crippen molar-refractivity contribution in [3.8, 4) is 0 Å². The van der Waals surface area contributed by atoms with Crippen LogP contribution in [0.2, 0.25) is 0 Å². The van der Waals surface area contributed by atoms with Crippen LogP contribution in [0.1, 0.15) is 26.7 Å². The summed E-state index contributed by atoms with van der Waals surface area (Å²) in [6.45, 7) is 7.01. The Morgan fingerprint density at radius 1 is 1.56 bits per heavy atom. The highest BCUT2D eigenvalue weighted by Crippen LogP contribution is 2.16. The summed E-state index contributed by atoms with van der Waals surface area (Å²) in [5.41, 5.74) is 0. The highest BCUT2D eigenvalue weighted by molar-refractivity contribution is 5.84. The topological polar surface area (TPSA) is 35.6 Å². The molecule has 0 radical (unpaired) electrons. The summed E-state index contributed by atoms with van der Waals surface area (Å²) in [5.74, 6) is 0.285. The Kier molecular flexibility index (Phi) is 5.22. The fraction of sp³-hybridized carbons (Fsp3) is 0.917. The zero-order chi connectivity index (χ0) is 12.1. The van der Waals surface area contributed by atoms with E-state index in [4.69, 9.17) is 0 Å². The van der Waals surface area contributed by atoms with Gasteiger partial charge >= 0.3 is 0 Å². The quantitative estimate of drug-likeness (QED) is 0.719. The molecule has 94 valence electrons. The van der Waals surface area contributed by atoms with Crippen LogP contribution in [0.4, 0.5) is 0 Å². The van der Waals surface area contributed by atoms with Gasteiger partial charge in [0.25, 0.3) is 0 Å². The summed E-state index contributed by atoms with van der Waals surface area (Å²) < 4.78 is 0. The molecule has 0 aliphatic carbocycles. The molecule has 1 rings (SSSR count). The van der Waals surface area contributed by atoms with Gasteiger partial charge in [0.1, 0.15) is 0 Å². The minimum absolute atomic E-state index is 0.0619. The van der Waals surface area contributed by atoms with Crippen molar-refractivity contribution in [1.29, 1.82) is 0 Å². The van der Waals surface area contributed by atoms with Gasteiger partial charge < -0.3 is 15.1 Å². The highest BCUT2D eigenvalue weighted by atomic mass is 16.2.